The summed E-state index contributed by atoms with van der Waals surface area (Å²) >= 11 is 0. The fraction of sp³-hybridized carbons (Fsp3) is 0.462. The zero-order chi connectivity index (χ0) is 13.4. The molecule has 6 nitrogen and oxygen atoms in total. The van der Waals surface area contributed by atoms with Gasteiger partial charge in [0.1, 0.15) is 6.04 Å². The van der Waals surface area contributed by atoms with Crippen LogP contribution in [0.5, 0.6) is 0 Å². The summed E-state index contributed by atoms with van der Waals surface area (Å²) < 4.78 is 0. The average molecular weight is 260 g/mol. The normalized spacial score (nSPS) is 27.4. The van der Waals surface area contributed by atoms with Crippen molar-refractivity contribution in [2.75, 3.05) is 26.7 Å². The summed E-state index contributed by atoms with van der Waals surface area (Å²) in [6, 6.07) is 3.13. The van der Waals surface area contributed by atoms with E-state index in [1.165, 1.54) is 0 Å². The monoisotopic (exact) mass is 260 g/mol. The molecule has 3 heterocycles. The van der Waals surface area contributed by atoms with Crippen molar-refractivity contribution in [1.82, 2.24) is 20.1 Å². The largest absolute Gasteiger partial charge is 0.342 e. The van der Waals surface area contributed by atoms with Gasteiger partial charge in [-0.2, -0.15) is 0 Å². The molecule has 3 rings (SSSR count). The molecule has 6 heteroatoms. The standard InChI is InChI=1S/C13H16N4O2/c1-16-8-10-6-15-7-11(18)17(10)12(13(16)19)9-2-4-14-5-3-9/h2-5,10,12,15H,6-8H2,1H3. The molecule has 2 atom stereocenters. The maximum Gasteiger partial charge on any atom is 0.249 e. The first-order valence-electron chi connectivity index (χ1n) is 6.35. The second kappa shape index (κ2) is 4.62. The molecule has 2 fully saturated rings. The Morgan fingerprint density at radius 2 is 2.05 bits per heavy atom. The molecule has 0 radical (unpaired) electrons. The fourth-order valence-electron chi connectivity index (χ4n) is 2.83. The van der Waals surface area contributed by atoms with E-state index in [0.29, 0.717) is 13.1 Å². The Hall–Kier alpha value is -1.95. The van der Waals surface area contributed by atoms with E-state index < -0.39 is 6.04 Å². The molecule has 0 aromatic carbocycles. The highest BCUT2D eigenvalue weighted by Crippen LogP contribution is 2.30. The Morgan fingerprint density at radius 1 is 1.32 bits per heavy atom. The van der Waals surface area contributed by atoms with Gasteiger partial charge in [0.2, 0.25) is 11.8 Å². The van der Waals surface area contributed by atoms with Crippen LogP contribution in [-0.4, -0.2) is 59.3 Å². The molecule has 0 bridgehead atoms. The lowest BCUT2D eigenvalue weighted by atomic mass is 9.97. The lowest BCUT2D eigenvalue weighted by Gasteiger charge is -2.47. The lowest BCUT2D eigenvalue weighted by molar-refractivity contribution is -0.156. The van der Waals surface area contributed by atoms with E-state index >= 15 is 0 Å². The molecule has 19 heavy (non-hydrogen) atoms. The predicted octanol–water partition coefficient (Wildman–Crippen LogP) is -0.605. The summed E-state index contributed by atoms with van der Waals surface area (Å²) in [6.45, 7) is 1.61. The van der Waals surface area contributed by atoms with Crippen LogP contribution in [0.15, 0.2) is 24.5 Å². The number of hydrogen-bond donors (Lipinski definition) is 1. The molecule has 2 amide bonds. The van der Waals surface area contributed by atoms with Crippen molar-refractivity contribution in [2.24, 2.45) is 0 Å². The summed E-state index contributed by atoms with van der Waals surface area (Å²) in [7, 11) is 1.78. The second-order valence-corrected chi connectivity index (χ2v) is 4.99. The van der Waals surface area contributed by atoms with E-state index in [-0.39, 0.29) is 17.9 Å². The van der Waals surface area contributed by atoms with Crippen LogP contribution in [0.25, 0.3) is 0 Å². The van der Waals surface area contributed by atoms with Gasteiger partial charge < -0.3 is 15.1 Å². The molecular weight excluding hydrogens is 244 g/mol. The minimum Gasteiger partial charge on any atom is -0.342 e. The van der Waals surface area contributed by atoms with E-state index in [1.54, 1.807) is 41.4 Å². The van der Waals surface area contributed by atoms with Gasteiger partial charge in [-0.05, 0) is 17.7 Å². The fourth-order valence-corrected chi connectivity index (χ4v) is 2.83. The zero-order valence-electron chi connectivity index (χ0n) is 10.7. The summed E-state index contributed by atoms with van der Waals surface area (Å²) in [5.41, 5.74) is 0.826. The minimum absolute atomic E-state index is 0.0143. The molecule has 100 valence electrons. The Bertz CT molecular complexity index is 505. The molecule has 2 aliphatic heterocycles. The number of nitrogens with one attached hydrogen (secondary N) is 1. The molecule has 1 aromatic heterocycles. The van der Waals surface area contributed by atoms with Crippen molar-refractivity contribution in [3.05, 3.63) is 30.1 Å². The van der Waals surface area contributed by atoms with E-state index in [9.17, 15) is 9.59 Å². The van der Waals surface area contributed by atoms with Crippen molar-refractivity contribution in [3.63, 3.8) is 0 Å². The third-order valence-electron chi connectivity index (χ3n) is 3.73. The Labute approximate surface area is 111 Å². The van der Waals surface area contributed by atoms with E-state index in [4.69, 9.17) is 0 Å². The number of pyridine rings is 1. The van der Waals surface area contributed by atoms with Crippen LogP contribution < -0.4 is 5.32 Å². The summed E-state index contributed by atoms with van der Waals surface area (Å²) in [6.07, 6.45) is 3.30. The average Bonchev–Trinajstić information content (AvgIpc) is 2.42. The van der Waals surface area contributed by atoms with Crippen LogP contribution in [0.2, 0.25) is 0 Å². The quantitative estimate of drug-likeness (QED) is 0.732. The maximum absolute atomic E-state index is 12.4. The van der Waals surface area contributed by atoms with Crippen LogP contribution in [0.1, 0.15) is 11.6 Å². The highest BCUT2D eigenvalue weighted by atomic mass is 16.2. The van der Waals surface area contributed by atoms with Crippen LogP contribution in [0.4, 0.5) is 0 Å². The Kier molecular flexibility index (Phi) is 2.94. The molecular formula is C13H16N4O2. The molecule has 2 saturated heterocycles. The Morgan fingerprint density at radius 3 is 2.79 bits per heavy atom. The van der Waals surface area contributed by atoms with Gasteiger partial charge >= 0.3 is 0 Å². The van der Waals surface area contributed by atoms with Gasteiger partial charge in [0.15, 0.2) is 0 Å². The smallest absolute Gasteiger partial charge is 0.249 e. The number of amides is 2. The Balaban J connectivity index is 2.01. The topological polar surface area (TPSA) is 65.5 Å². The van der Waals surface area contributed by atoms with Crippen LogP contribution in [0, 0.1) is 0 Å². The number of nitrogens with zero attached hydrogens (tertiary/aromatic N) is 3. The van der Waals surface area contributed by atoms with E-state index in [2.05, 4.69) is 10.3 Å². The van der Waals surface area contributed by atoms with Crippen molar-refractivity contribution >= 4 is 11.8 Å². The molecule has 0 aliphatic carbocycles. The highest BCUT2D eigenvalue weighted by Gasteiger charge is 2.44. The van der Waals surface area contributed by atoms with Crippen LogP contribution in [0.3, 0.4) is 0 Å². The summed E-state index contributed by atoms with van der Waals surface area (Å²) in [5, 5.41) is 3.10. The number of aromatic nitrogens is 1. The summed E-state index contributed by atoms with van der Waals surface area (Å²) in [5.74, 6) is -0.0442. The van der Waals surface area contributed by atoms with Crippen LogP contribution >= 0.6 is 0 Å². The van der Waals surface area contributed by atoms with Crippen molar-refractivity contribution < 1.29 is 9.59 Å². The van der Waals surface area contributed by atoms with E-state index in [0.717, 1.165) is 12.1 Å². The number of rotatable bonds is 1. The summed E-state index contributed by atoms with van der Waals surface area (Å²) in [4.78, 5) is 32.0. The molecule has 2 unspecified atom stereocenters. The third kappa shape index (κ3) is 1.98. The number of carbonyl (C=O) groups excluding carboxylic acids is 2. The van der Waals surface area contributed by atoms with Crippen molar-refractivity contribution in [3.8, 4) is 0 Å². The van der Waals surface area contributed by atoms with Gasteiger partial charge in [0.25, 0.3) is 0 Å². The second-order valence-electron chi connectivity index (χ2n) is 4.99. The van der Waals surface area contributed by atoms with Crippen molar-refractivity contribution in [1.29, 1.82) is 0 Å². The molecule has 0 saturated carbocycles. The molecule has 1 aromatic rings. The van der Waals surface area contributed by atoms with Gasteiger partial charge in [0, 0.05) is 32.5 Å². The SMILES string of the molecule is CN1CC2CNCC(=O)N2C(c2ccncc2)C1=O. The van der Waals surface area contributed by atoms with E-state index in [1.807, 2.05) is 0 Å². The van der Waals surface area contributed by atoms with Gasteiger partial charge in [-0.1, -0.05) is 0 Å². The number of fused-ring (bicyclic) bond motifs is 1. The first-order valence-corrected chi connectivity index (χ1v) is 6.35. The van der Waals surface area contributed by atoms with Gasteiger partial charge in [-0.3, -0.25) is 14.6 Å². The van der Waals surface area contributed by atoms with Gasteiger partial charge in [-0.15, -0.1) is 0 Å². The molecule has 0 spiro atoms. The first kappa shape index (κ1) is 12.1. The van der Waals surface area contributed by atoms with Gasteiger partial charge in [-0.25, -0.2) is 0 Å². The molecule has 1 N–H and O–H groups in total. The number of likely N-dealkylation sites (N-methyl/N-ethyl adjacent to an activating group) is 1. The third-order valence-corrected chi connectivity index (χ3v) is 3.73. The van der Waals surface area contributed by atoms with Crippen molar-refractivity contribution in [2.45, 2.75) is 12.1 Å². The van der Waals surface area contributed by atoms with Gasteiger partial charge in [0.05, 0.1) is 12.6 Å². The predicted molar refractivity (Wildman–Crippen MR) is 68.1 cm³/mol. The zero-order valence-corrected chi connectivity index (χ0v) is 10.7. The minimum atomic E-state index is -0.513. The number of carbonyl (C=O) groups is 2. The maximum atomic E-state index is 12.4. The number of hydrogen-bond acceptors (Lipinski definition) is 4. The van der Waals surface area contributed by atoms with Crippen LogP contribution in [-0.2, 0) is 9.59 Å². The number of piperazine rings is 2. The lowest BCUT2D eigenvalue weighted by Crippen LogP contribution is -2.65. The highest BCUT2D eigenvalue weighted by molar-refractivity contribution is 5.91. The first-order chi connectivity index (χ1) is 9.18. The molecule has 2 aliphatic rings.